The van der Waals surface area contributed by atoms with Crippen molar-refractivity contribution in [2.45, 2.75) is 106 Å². The van der Waals surface area contributed by atoms with Gasteiger partial charge in [0.25, 0.3) is 0 Å². The van der Waals surface area contributed by atoms with Crippen molar-refractivity contribution in [1.29, 1.82) is 0 Å². The molecule has 0 N–H and O–H groups in total. The summed E-state index contributed by atoms with van der Waals surface area (Å²) in [6, 6.07) is 0. The van der Waals surface area contributed by atoms with Gasteiger partial charge in [-0.2, -0.15) is 0 Å². The molecule has 0 saturated heterocycles. The third kappa shape index (κ3) is 7.71. The van der Waals surface area contributed by atoms with E-state index in [1.54, 1.807) is 5.57 Å². The van der Waals surface area contributed by atoms with Crippen LogP contribution in [0.4, 0.5) is 0 Å². The molecule has 0 spiro atoms. The summed E-state index contributed by atoms with van der Waals surface area (Å²) < 4.78 is 0. The fourth-order valence-electron chi connectivity index (χ4n) is 5.13. The maximum Gasteiger partial charge on any atom is -0.0179 e. The zero-order valence-electron chi connectivity index (χ0n) is 18.2. The molecule has 3 unspecified atom stereocenters. The summed E-state index contributed by atoms with van der Waals surface area (Å²) in [6.07, 6.45) is 21.7. The Hall–Kier alpha value is -0.520. The molecule has 1 saturated carbocycles. The summed E-state index contributed by atoms with van der Waals surface area (Å²) in [7, 11) is 0. The first kappa shape index (κ1) is 22.5. The van der Waals surface area contributed by atoms with Crippen molar-refractivity contribution in [3.8, 4) is 0 Å². The molecule has 25 heavy (non-hydrogen) atoms. The van der Waals surface area contributed by atoms with Crippen LogP contribution < -0.4 is 0 Å². The standard InChI is InChI=1S/C23H40.C2H6/c1-5-19(15-20-11-8-7-9-12-20)16-21-13-10-14-22(17-21)23(6-2)18(3)4;1-2/h10,13-14,18-21,23H,5-9,11-12,15-17H2,1-4H3;1-2H3. The molecule has 2 aliphatic carbocycles. The van der Waals surface area contributed by atoms with Crippen molar-refractivity contribution >= 4 is 0 Å². The highest BCUT2D eigenvalue weighted by atomic mass is 14.3. The molecule has 0 radical (unpaired) electrons. The Bertz CT molecular complexity index is 381. The summed E-state index contributed by atoms with van der Waals surface area (Å²) in [5.74, 6) is 4.36. The molecule has 2 rings (SSSR count). The molecule has 2 aliphatic rings. The minimum atomic E-state index is 0.780. The van der Waals surface area contributed by atoms with Crippen LogP contribution in [0.5, 0.6) is 0 Å². The van der Waals surface area contributed by atoms with Gasteiger partial charge in [0.2, 0.25) is 0 Å². The second-order valence-electron chi connectivity index (χ2n) is 8.60. The topological polar surface area (TPSA) is 0 Å². The molecule has 0 nitrogen and oxygen atoms in total. The van der Waals surface area contributed by atoms with Crippen molar-refractivity contribution in [3.63, 3.8) is 0 Å². The number of hydrogen-bond acceptors (Lipinski definition) is 0. The Morgan fingerprint density at radius 1 is 0.960 bits per heavy atom. The van der Waals surface area contributed by atoms with E-state index in [1.165, 1.54) is 64.2 Å². The van der Waals surface area contributed by atoms with Crippen LogP contribution in [0.15, 0.2) is 23.8 Å². The van der Waals surface area contributed by atoms with Crippen LogP contribution in [0.3, 0.4) is 0 Å². The van der Waals surface area contributed by atoms with Crippen molar-refractivity contribution in [2.75, 3.05) is 0 Å². The summed E-state index contributed by atoms with van der Waals surface area (Å²) in [5, 5.41) is 0. The van der Waals surface area contributed by atoms with E-state index >= 15 is 0 Å². The largest absolute Gasteiger partial charge is 0.0811 e. The summed E-state index contributed by atoms with van der Waals surface area (Å²) in [5.41, 5.74) is 1.72. The van der Waals surface area contributed by atoms with Crippen LogP contribution in [0.2, 0.25) is 0 Å². The van der Waals surface area contributed by atoms with E-state index in [9.17, 15) is 0 Å². The minimum Gasteiger partial charge on any atom is -0.0811 e. The lowest BCUT2D eigenvalue weighted by molar-refractivity contribution is 0.258. The second kappa shape index (κ2) is 12.8. The third-order valence-electron chi connectivity index (χ3n) is 6.52. The number of allylic oxidation sites excluding steroid dienone is 4. The first-order valence-electron chi connectivity index (χ1n) is 11.5. The molecule has 1 fully saturated rings. The van der Waals surface area contributed by atoms with E-state index in [0.717, 1.165) is 29.6 Å². The van der Waals surface area contributed by atoms with Gasteiger partial charge in [0.05, 0.1) is 0 Å². The van der Waals surface area contributed by atoms with E-state index in [1.807, 2.05) is 13.8 Å². The number of hydrogen-bond donors (Lipinski definition) is 0. The van der Waals surface area contributed by atoms with Crippen LogP contribution in [0, 0.1) is 29.6 Å². The third-order valence-corrected chi connectivity index (χ3v) is 6.52. The van der Waals surface area contributed by atoms with Gasteiger partial charge in [-0.15, -0.1) is 0 Å². The molecule has 146 valence electrons. The van der Waals surface area contributed by atoms with Gasteiger partial charge < -0.3 is 0 Å². The van der Waals surface area contributed by atoms with E-state index in [2.05, 4.69) is 45.9 Å². The Morgan fingerprint density at radius 2 is 1.64 bits per heavy atom. The maximum atomic E-state index is 2.50. The molecule has 0 heteroatoms. The van der Waals surface area contributed by atoms with Crippen LogP contribution in [0.25, 0.3) is 0 Å². The molecule has 0 amide bonds. The van der Waals surface area contributed by atoms with E-state index in [-0.39, 0.29) is 0 Å². The molecule has 0 bridgehead atoms. The predicted molar refractivity (Wildman–Crippen MR) is 115 cm³/mol. The van der Waals surface area contributed by atoms with Gasteiger partial charge in [0.15, 0.2) is 0 Å². The van der Waals surface area contributed by atoms with E-state index in [4.69, 9.17) is 0 Å². The normalized spacial score (nSPS) is 23.6. The van der Waals surface area contributed by atoms with Gasteiger partial charge in [-0.3, -0.25) is 0 Å². The van der Waals surface area contributed by atoms with Crippen LogP contribution in [-0.4, -0.2) is 0 Å². The molecule has 0 aromatic carbocycles. The Balaban J connectivity index is 0.00000151. The lowest BCUT2D eigenvalue weighted by atomic mass is 9.75. The van der Waals surface area contributed by atoms with Crippen LogP contribution in [-0.2, 0) is 0 Å². The quantitative estimate of drug-likeness (QED) is 0.413. The fourth-order valence-corrected chi connectivity index (χ4v) is 5.13. The van der Waals surface area contributed by atoms with Gasteiger partial charge in [0, 0.05) is 0 Å². The second-order valence-corrected chi connectivity index (χ2v) is 8.60. The molecule has 0 aromatic heterocycles. The van der Waals surface area contributed by atoms with Crippen molar-refractivity contribution in [2.24, 2.45) is 29.6 Å². The average molecular weight is 347 g/mol. The van der Waals surface area contributed by atoms with E-state index < -0.39 is 0 Å². The Kier molecular flexibility index (Phi) is 11.5. The molecular formula is C25H46. The molecule has 3 atom stereocenters. The first-order chi connectivity index (χ1) is 12.1. The van der Waals surface area contributed by atoms with Gasteiger partial charge in [-0.05, 0) is 55.3 Å². The maximum absolute atomic E-state index is 2.50. The molecule has 0 aromatic rings. The van der Waals surface area contributed by atoms with Crippen molar-refractivity contribution in [1.82, 2.24) is 0 Å². The minimum absolute atomic E-state index is 0.780. The SMILES string of the molecule is CC.CCC(CC1C=CC=C(C(CC)C(C)C)C1)CC1CCCCC1. The predicted octanol–water partition coefficient (Wildman–Crippen LogP) is 8.58. The van der Waals surface area contributed by atoms with Crippen molar-refractivity contribution < 1.29 is 0 Å². The lowest BCUT2D eigenvalue weighted by Crippen LogP contribution is -2.18. The summed E-state index contributed by atoms with van der Waals surface area (Å²) >= 11 is 0. The fraction of sp³-hybridized carbons (Fsp3) is 0.840. The van der Waals surface area contributed by atoms with E-state index in [0.29, 0.717) is 0 Å². The zero-order valence-corrected chi connectivity index (χ0v) is 18.2. The highest BCUT2D eigenvalue weighted by Gasteiger charge is 2.24. The highest BCUT2D eigenvalue weighted by molar-refractivity contribution is 5.22. The van der Waals surface area contributed by atoms with Gasteiger partial charge >= 0.3 is 0 Å². The molecule has 0 aliphatic heterocycles. The first-order valence-corrected chi connectivity index (χ1v) is 11.5. The molecular weight excluding hydrogens is 300 g/mol. The van der Waals surface area contributed by atoms with Gasteiger partial charge in [0.1, 0.15) is 0 Å². The van der Waals surface area contributed by atoms with Gasteiger partial charge in [-0.25, -0.2) is 0 Å². The average Bonchev–Trinajstić information content (AvgIpc) is 2.64. The number of rotatable bonds is 8. The smallest absolute Gasteiger partial charge is 0.0179 e. The Labute approximate surface area is 159 Å². The van der Waals surface area contributed by atoms with Gasteiger partial charge in [-0.1, -0.05) is 104 Å². The van der Waals surface area contributed by atoms with Crippen LogP contribution >= 0.6 is 0 Å². The zero-order chi connectivity index (χ0) is 18.7. The van der Waals surface area contributed by atoms with Crippen LogP contribution in [0.1, 0.15) is 106 Å². The monoisotopic (exact) mass is 346 g/mol. The summed E-state index contributed by atoms with van der Waals surface area (Å²) in [6.45, 7) is 13.6. The highest BCUT2D eigenvalue weighted by Crippen LogP contribution is 2.37. The molecule has 0 heterocycles. The summed E-state index contributed by atoms with van der Waals surface area (Å²) in [4.78, 5) is 0. The lowest BCUT2D eigenvalue weighted by Gasteiger charge is -2.31. The van der Waals surface area contributed by atoms with Crippen molar-refractivity contribution in [3.05, 3.63) is 23.8 Å². The Morgan fingerprint density at radius 3 is 2.20 bits per heavy atom.